The number of benzene rings is 10. The van der Waals surface area contributed by atoms with Crippen molar-refractivity contribution in [1.82, 2.24) is 13.7 Å². The van der Waals surface area contributed by atoms with Crippen molar-refractivity contribution in [2.24, 2.45) is 0 Å². The molecule has 0 spiro atoms. The van der Waals surface area contributed by atoms with Crippen LogP contribution in [0.5, 0.6) is 0 Å². The van der Waals surface area contributed by atoms with Crippen LogP contribution in [0.15, 0.2) is 237 Å². The normalized spacial score (nSPS) is 14.6. The first-order chi connectivity index (χ1) is 31.8. The van der Waals surface area contributed by atoms with Crippen molar-refractivity contribution in [3.63, 3.8) is 0 Å². The molecular weight excluding hydrogens is 791 g/mol. The maximum Gasteiger partial charge on any atom is 0.184 e. The number of hydrogen-bond acceptors (Lipinski definition) is 0. The zero-order valence-corrected chi connectivity index (χ0v) is 35.9. The summed E-state index contributed by atoms with van der Waals surface area (Å²) in [5.74, 6) is 0. The lowest BCUT2D eigenvalue weighted by Gasteiger charge is -2.39. The summed E-state index contributed by atoms with van der Waals surface area (Å²) < 4.78 is 7.46. The fraction of sp³-hybridized carbons (Fsp3) is 0. The summed E-state index contributed by atoms with van der Waals surface area (Å²) in [4.78, 5) is 0. The molecule has 14 rings (SSSR count). The molecule has 1 unspecified atom stereocenters. The van der Waals surface area contributed by atoms with Crippen molar-refractivity contribution in [3.05, 3.63) is 237 Å². The van der Waals surface area contributed by atoms with Crippen LogP contribution in [-0.2, 0) is 0 Å². The maximum absolute atomic E-state index is 2.82. The lowest BCUT2D eigenvalue weighted by Crippen LogP contribution is -2.76. The topological polar surface area (TPSA) is 14.8 Å². The van der Waals surface area contributed by atoms with Crippen molar-refractivity contribution in [2.75, 3.05) is 0 Å². The second-order valence-corrected chi connectivity index (χ2v) is 21.0. The molecular formula is C60H39N3Si. The molecule has 0 saturated heterocycles. The van der Waals surface area contributed by atoms with E-state index in [1.807, 2.05) is 0 Å². The van der Waals surface area contributed by atoms with Gasteiger partial charge in [-0.15, -0.1) is 0 Å². The Morgan fingerprint density at radius 2 is 0.703 bits per heavy atom. The molecule has 0 aliphatic carbocycles. The van der Waals surface area contributed by atoms with Gasteiger partial charge >= 0.3 is 0 Å². The Morgan fingerprint density at radius 1 is 0.266 bits per heavy atom. The van der Waals surface area contributed by atoms with E-state index in [0.29, 0.717) is 0 Å². The highest BCUT2D eigenvalue weighted by molar-refractivity contribution is 7.21. The summed E-state index contributed by atoms with van der Waals surface area (Å²) in [7, 11) is -2.82. The van der Waals surface area contributed by atoms with E-state index >= 15 is 0 Å². The Hall–Kier alpha value is -8.18. The Bertz CT molecular complexity index is 3950. The quantitative estimate of drug-likeness (QED) is 0.154. The summed E-state index contributed by atoms with van der Waals surface area (Å²) in [6.07, 6.45) is 0. The molecule has 0 saturated carbocycles. The van der Waals surface area contributed by atoms with Crippen molar-refractivity contribution < 1.29 is 0 Å². The zero-order valence-electron chi connectivity index (χ0n) is 34.9. The Balaban J connectivity index is 1.01. The molecule has 13 aromatic rings. The lowest BCUT2D eigenvalue weighted by atomic mass is 10.1. The van der Waals surface area contributed by atoms with Crippen LogP contribution in [0.3, 0.4) is 0 Å². The second kappa shape index (κ2) is 13.4. The van der Waals surface area contributed by atoms with Gasteiger partial charge in [0.1, 0.15) is 0 Å². The van der Waals surface area contributed by atoms with Gasteiger partial charge in [0, 0.05) is 49.4 Å². The molecule has 298 valence electrons. The van der Waals surface area contributed by atoms with Gasteiger partial charge in [0.25, 0.3) is 0 Å². The van der Waals surface area contributed by atoms with Crippen LogP contribution < -0.4 is 20.7 Å². The van der Waals surface area contributed by atoms with Crippen LogP contribution in [0.25, 0.3) is 93.6 Å². The largest absolute Gasteiger partial charge is 0.309 e. The smallest absolute Gasteiger partial charge is 0.184 e. The van der Waals surface area contributed by atoms with E-state index in [-0.39, 0.29) is 0 Å². The van der Waals surface area contributed by atoms with Gasteiger partial charge in [-0.25, -0.2) is 0 Å². The molecule has 64 heavy (non-hydrogen) atoms. The molecule has 3 nitrogen and oxygen atoms in total. The number of aromatic nitrogens is 3. The predicted octanol–water partition coefficient (Wildman–Crippen LogP) is 12.3. The molecule has 0 fully saturated rings. The van der Waals surface area contributed by atoms with Crippen LogP contribution in [0.1, 0.15) is 0 Å². The van der Waals surface area contributed by atoms with Gasteiger partial charge in [-0.3, -0.25) is 0 Å². The number of rotatable bonds is 5. The number of fused-ring (bicyclic) bond motifs is 11. The van der Waals surface area contributed by atoms with Gasteiger partial charge in [-0.2, -0.15) is 0 Å². The number of para-hydroxylation sites is 5. The van der Waals surface area contributed by atoms with Crippen molar-refractivity contribution in [3.8, 4) is 28.2 Å². The van der Waals surface area contributed by atoms with E-state index in [0.717, 1.165) is 11.4 Å². The summed E-state index contributed by atoms with van der Waals surface area (Å²) in [5.41, 5.74) is 13.4. The average Bonchev–Trinajstić information content (AvgIpc) is 4.01. The molecule has 4 heteroatoms. The van der Waals surface area contributed by atoms with Crippen molar-refractivity contribution in [2.45, 2.75) is 0 Å². The summed E-state index contributed by atoms with van der Waals surface area (Å²) in [6.45, 7) is 0. The van der Waals surface area contributed by atoms with Crippen LogP contribution in [-0.4, -0.2) is 21.8 Å². The standard InChI is InChI=1S/C60H39N3Si/c1-3-16-40(17-4-1)41-30-34-45(35-31-41)64(44-18-5-2-6-19-44)58-28-14-13-27-57(58)63-56-37-33-43(39-51(56)49-23-15-29-59(64)60(49)63)62-54-26-12-9-22-48(54)50-38-42(32-36-55(50)62)61-52-24-10-7-20-46(52)47-21-8-11-25-53(47)61/h1-39H. The van der Waals surface area contributed by atoms with Crippen LogP contribution in [0.2, 0.25) is 0 Å². The van der Waals surface area contributed by atoms with Crippen molar-refractivity contribution in [1.29, 1.82) is 0 Å². The SMILES string of the molecule is c1ccc(-c2ccc([Si]3(c4ccccc4)c4ccccc4-n4c5ccc(-n6c7ccccc7c7cc(-n8c9ccccc9c9ccccc98)ccc76)cc5c5cccc3c54)cc2)cc1. The summed E-state index contributed by atoms with van der Waals surface area (Å²) in [6, 6.07) is 88.4. The first kappa shape index (κ1) is 35.4. The molecule has 0 bridgehead atoms. The highest BCUT2D eigenvalue weighted by atomic mass is 28.3. The molecule has 1 aliphatic heterocycles. The molecule has 0 amide bonds. The molecule has 3 aromatic heterocycles. The van der Waals surface area contributed by atoms with E-state index in [9.17, 15) is 0 Å². The van der Waals surface area contributed by atoms with Gasteiger partial charge < -0.3 is 13.7 Å². The lowest BCUT2D eigenvalue weighted by molar-refractivity contribution is 1.16. The van der Waals surface area contributed by atoms with Crippen LogP contribution in [0.4, 0.5) is 0 Å². The Kier molecular flexibility index (Phi) is 7.42. The minimum atomic E-state index is -2.82. The molecule has 1 atom stereocenters. The van der Waals surface area contributed by atoms with E-state index < -0.39 is 8.07 Å². The summed E-state index contributed by atoms with van der Waals surface area (Å²) in [5, 5.41) is 13.2. The molecule has 4 heterocycles. The van der Waals surface area contributed by atoms with E-state index in [4.69, 9.17) is 0 Å². The maximum atomic E-state index is 2.56. The van der Waals surface area contributed by atoms with E-state index in [1.165, 1.54) is 103 Å². The number of nitrogens with zero attached hydrogens (tertiary/aromatic N) is 3. The monoisotopic (exact) mass is 829 g/mol. The Morgan fingerprint density at radius 3 is 1.34 bits per heavy atom. The third-order valence-electron chi connectivity index (χ3n) is 14.1. The van der Waals surface area contributed by atoms with Gasteiger partial charge in [-0.1, -0.05) is 176 Å². The first-order valence-electron chi connectivity index (χ1n) is 22.2. The van der Waals surface area contributed by atoms with Gasteiger partial charge in [0.2, 0.25) is 0 Å². The predicted molar refractivity (Wildman–Crippen MR) is 272 cm³/mol. The van der Waals surface area contributed by atoms with E-state index in [1.54, 1.807) is 0 Å². The average molecular weight is 830 g/mol. The molecule has 1 aliphatic rings. The van der Waals surface area contributed by atoms with Crippen molar-refractivity contribution >= 4 is 94.2 Å². The molecule has 0 radical (unpaired) electrons. The minimum Gasteiger partial charge on any atom is -0.309 e. The first-order valence-corrected chi connectivity index (χ1v) is 24.2. The molecule has 0 N–H and O–H groups in total. The van der Waals surface area contributed by atoms with Crippen LogP contribution in [0, 0.1) is 0 Å². The zero-order chi connectivity index (χ0) is 41.9. The van der Waals surface area contributed by atoms with Crippen LogP contribution >= 0.6 is 0 Å². The third kappa shape index (κ3) is 4.75. The fourth-order valence-corrected chi connectivity index (χ4v) is 16.6. The fourth-order valence-electron chi connectivity index (χ4n) is 11.5. The van der Waals surface area contributed by atoms with Gasteiger partial charge in [-0.05, 0) is 92.5 Å². The third-order valence-corrected chi connectivity index (χ3v) is 18.9. The minimum absolute atomic E-state index is 1.16. The highest BCUT2D eigenvalue weighted by Crippen LogP contribution is 2.40. The highest BCUT2D eigenvalue weighted by Gasteiger charge is 2.47. The number of hydrogen-bond donors (Lipinski definition) is 0. The Labute approximate surface area is 370 Å². The molecule has 10 aromatic carbocycles. The summed E-state index contributed by atoms with van der Waals surface area (Å²) >= 11 is 0. The van der Waals surface area contributed by atoms with Gasteiger partial charge in [0.05, 0.1) is 33.1 Å². The van der Waals surface area contributed by atoms with Gasteiger partial charge in [0.15, 0.2) is 8.07 Å². The second-order valence-electron chi connectivity index (χ2n) is 17.2. The van der Waals surface area contributed by atoms with E-state index in [2.05, 4.69) is 250 Å².